The number of aromatic nitrogens is 1. The summed E-state index contributed by atoms with van der Waals surface area (Å²) in [5, 5.41) is 0. The summed E-state index contributed by atoms with van der Waals surface area (Å²) in [6.45, 7) is 24.3. The van der Waals surface area contributed by atoms with Crippen LogP contribution in [0.4, 0.5) is 0 Å². The summed E-state index contributed by atoms with van der Waals surface area (Å²) in [6, 6.07) is 19.1. The van der Waals surface area contributed by atoms with Crippen LogP contribution in [0.2, 0.25) is 0 Å². The van der Waals surface area contributed by atoms with Crippen LogP contribution in [0, 0.1) is 13.8 Å². The molecule has 0 radical (unpaired) electrons. The first kappa shape index (κ1) is 38.0. The first-order valence-corrected chi connectivity index (χ1v) is 18.4. The van der Waals surface area contributed by atoms with Crippen LogP contribution in [-0.2, 0) is 6.42 Å². The molecule has 0 spiro atoms. The Bertz CT molecular complexity index is 1950. The summed E-state index contributed by atoms with van der Waals surface area (Å²) < 4.78 is 0. The Hall–Kier alpha value is -4.82. The van der Waals surface area contributed by atoms with Gasteiger partial charge in [-0.25, -0.2) is 4.98 Å². The van der Waals surface area contributed by atoms with Gasteiger partial charge in [0.15, 0.2) is 0 Å². The van der Waals surface area contributed by atoms with Crippen molar-refractivity contribution in [1.82, 2.24) is 4.98 Å². The van der Waals surface area contributed by atoms with Crippen molar-refractivity contribution < 1.29 is 0 Å². The van der Waals surface area contributed by atoms with Crippen molar-refractivity contribution >= 4 is 29.0 Å². The maximum absolute atomic E-state index is 5.41. The smallest absolute Gasteiger partial charge is 0.0783 e. The second kappa shape index (κ2) is 18.3. The largest absolute Gasteiger partial charge is 0.257 e. The Morgan fingerprint density at radius 1 is 0.860 bits per heavy atom. The topological polar surface area (TPSA) is 25.2 Å². The normalized spacial score (nSPS) is 15.5. The highest BCUT2D eigenvalue weighted by Gasteiger charge is 2.25. The predicted octanol–water partition coefficient (Wildman–Crippen LogP) is 13.6. The molecule has 3 aromatic rings. The molecule has 2 nitrogen and oxygen atoms in total. The molecule has 50 heavy (non-hydrogen) atoms. The number of rotatable bonds is 13. The maximum Gasteiger partial charge on any atom is 0.0783 e. The van der Waals surface area contributed by atoms with Gasteiger partial charge >= 0.3 is 0 Å². The summed E-state index contributed by atoms with van der Waals surface area (Å²) in [4.78, 5) is 10.6. The monoisotopic (exact) mass is 660 g/mol. The highest BCUT2D eigenvalue weighted by Crippen LogP contribution is 2.40. The lowest BCUT2D eigenvalue weighted by molar-refractivity contribution is 1.04. The zero-order chi connectivity index (χ0) is 36.2. The van der Waals surface area contributed by atoms with Gasteiger partial charge in [0.25, 0.3) is 0 Å². The molecular formula is C48H56N2. The van der Waals surface area contributed by atoms with Gasteiger partial charge in [0, 0.05) is 17.7 Å². The lowest BCUT2D eigenvalue weighted by atomic mass is 9.82. The van der Waals surface area contributed by atoms with E-state index < -0.39 is 0 Å². The Kier molecular flexibility index (Phi) is 13.9. The van der Waals surface area contributed by atoms with E-state index in [4.69, 9.17) is 9.98 Å². The Labute approximate surface area is 302 Å². The minimum absolute atomic E-state index is 0.730. The summed E-state index contributed by atoms with van der Waals surface area (Å²) in [5.74, 6) is 0. The number of hydrogen-bond donors (Lipinski definition) is 0. The lowest BCUT2D eigenvalue weighted by Gasteiger charge is -2.25. The minimum atomic E-state index is 0.730. The van der Waals surface area contributed by atoms with E-state index in [1.54, 1.807) is 0 Å². The SMILES string of the molecule is C=C(/C=C\C1=C(C)N=C(c2ccccc2)C/C1=C(/C)c1c(C(/C=C\CC)=C/C)nc(/C=C\CC)c(C)c1CC)/C(=C/c1ccccc1C)CC. The van der Waals surface area contributed by atoms with E-state index in [0.717, 1.165) is 77.2 Å². The van der Waals surface area contributed by atoms with E-state index in [1.807, 2.05) is 0 Å². The van der Waals surface area contributed by atoms with Crippen LogP contribution in [0.15, 0.2) is 131 Å². The zero-order valence-electron chi connectivity index (χ0n) is 32.0. The standard InChI is InChI=1S/C48H56N2/c1-11-16-24-38(13-3)48-47(42(15-5)35(8)45(50-48)28-17-12-2)36(9)44-32-46(40-25-19-18-20-26-40)49-37(10)43(44)30-29-34(7)39(14-4)31-41-27-22-21-23-33(41)6/h13,16-31H,7,11-12,14-15,32H2,1-6,8-10H3/b24-16-,28-17-,30-29-,38-13+,39-31+,44-36+. The van der Waals surface area contributed by atoms with E-state index in [-0.39, 0.29) is 0 Å². The average molecular weight is 661 g/mol. The van der Waals surface area contributed by atoms with Crippen LogP contribution in [0.1, 0.15) is 119 Å². The predicted molar refractivity (Wildman–Crippen MR) is 221 cm³/mol. The van der Waals surface area contributed by atoms with Crippen LogP contribution in [0.25, 0.3) is 23.3 Å². The number of nitrogens with zero attached hydrogens (tertiary/aromatic N) is 2. The molecule has 2 heterocycles. The van der Waals surface area contributed by atoms with Crippen molar-refractivity contribution in [2.45, 2.75) is 94.4 Å². The van der Waals surface area contributed by atoms with Gasteiger partial charge in [-0.3, -0.25) is 4.99 Å². The van der Waals surface area contributed by atoms with Crippen molar-refractivity contribution in [3.63, 3.8) is 0 Å². The molecule has 0 aliphatic carbocycles. The quantitative estimate of drug-likeness (QED) is 0.168. The van der Waals surface area contributed by atoms with Gasteiger partial charge in [0.2, 0.25) is 0 Å². The lowest BCUT2D eigenvalue weighted by Crippen LogP contribution is -2.13. The fourth-order valence-corrected chi connectivity index (χ4v) is 6.68. The number of benzene rings is 2. The van der Waals surface area contributed by atoms with E-state index in [0.29, 0.717) is 0 Å². The Morgan fingerprint density at radius 2 is 1.56 bits per heavy atom. The van der Waals surface area contributed by atoms with Gasteiger partial charge in [-0.2, -0.15) is 0 Å². The number of hydrogen-bond acceptors (Lipinski definition) is 2. The van der Waals surface area contributed by atoms with Crippen LogP contribution >= 0.6 is 0 Å². The molecule has 1 aliphatic rings. The fourth-order valence-electron chi connectivity index (χ4n) is 6.68. The molecule has 1 aliphatic heterocycles. The van der Waals surface area contributed by atoms with Gasteiger partial charge in [-0.15, -0.1) is 0 Å². The van der Waals surface area contributed by atoms with Crippen molar-refractivity contribution in [1.29, 1.82) is 0 Å². The van der Waals surface area contributed by atoms with Crippen LogP contribution in [-0.4, -0.2) is 10.7 Å². The van der Waals surface area contributed by atoms with Crippen LogP contribution < -0.4 is 0 Å². The second-order valence-electron chi connectivity index (χ2n) is 13.0. The summed E-state index contributed by atoms with van der Waals surface area (Å²) in [6.07, 6.45) is 22.3. The molecule has 2 heteroatoms. The van der Waals surface area contributed by atoms with Gasteiger partial charge in [-0.05, 0) is 128 Å². The van der Waals surface area contributed by atoms with Gasteiger partial charge in [0.05, 0.1) is 17.1 Å². The average Bonchev–Trinajstić information content (AvgIpc) is 3.13. The fraction of sp³-hybridized carbons (Fsp3) is 0.292. The van der Waals surface area contributed by atoms with Crippen LogP contribution in [0.3, 0.4) is 0 Å². The van der Waals surface area contributed by atoms with Crippen molar-refractivity contribution in [2.24, 2.45) is 4.99 Å². The van der Waals surface area contributed by atoms with Crippen LogP contribution in [0.5, 0.6) is 0 Å². The zero-order valence-corrected chi connectivity index (χ0v) is 32.0. The molecule has 0 saturated carbocycles. The molecule has 1 aromatic heterocycles. The summed E-state index contributed by atoms with van der Waals surface area (Å²) in [5.41, 5.74) is 18.8. The minimum Gasteiger partial charge on any atom is -0.257 e. The van der Waals surface area contributed by atoms with Gasteiger partial charge in [0.1, 0.15) is 0 Å². The molecule has 0 fully saturated rings. The molecule has 4 rings (SSSR count). The van der Waals surface area contributed by atoms with Crippen molar-refractivity contribution in [3.8, 4) is 0 Å². The van der Waals surface area contributed by atoms with Crippen molar-refractivity contribution in [2.75, 3.05) is 0 Å². The third kappa shape index (κ3) is 8.85. The van der Waals surface area contributed by atoms with E-state index in [2.05, 4.69) is 172 Å². The number of aryl methyl sites for hydroxylation is 1. The van der Waals surface area contributed by atoms with Gasteiger partial charge < -0.3 is 0 Å². The molecule has 2 aromatic carbocycles. The number of allylic oxidation sites excluding steroid dienone is 13. The second-order valence-corrected chi connectivity index (χ2v) is 13.0. The summed E-state index contributed by atoms with van der Waals surface area (Å²) >= 11 is 0. The van der Waals surface area contributed by atoms with E-state index in [9.17, 15) is 0 Å². The Morgan fingerprint density at radius 3 is 2.20 bits per heavy atom. The van der Waals surface area contributed by atoms with E-state index >= 15 is 0 Å². The molecule has 0 amide bonds. The Balaban J connectivity index is 2.00. The molecule has 0 unspecified atom stereocenters. The molecule has 0 N–H and O–H groups in total. The molecule has 0 saturated heterocycles. The first-order chi connectivity index (χ1) is 24.2. The molecular weight excluding hydrogens is 605 g/mol. The third-order valence-corrected chi connectivity index (χ3v) is 9.65. The van der Waals surface area contributed by atoms with Crippen molar-refractivity contribution in [3.05, 3.63) is 170 Å². The molecule has 0 atom stereocenters. The highest BCUT2D eigenvalue weighted by atomic mass is 14.8. The third-order valence-electron chi connectivity index (χ3n) is 9.65. The number of aliphatic imine (C=N–C) groups is 1. The highest BCUT2D eigenvalue weighted by molar-refractivity contribution is 6.05. The molecule has 0 bridgehead atoms. The van der Waals surface area contributed by atoms with Gasteiger partial charge in [-0.1, -0.05) is 131 Å². The summed E-state index contributed by atoms with van der Waals surface area (Å²) in [7, 11) is 0. The number of pyridine rings is 1. The van der Waals surface area contributed by atoms with E-state index in [1.165, 1.54) is 44.5 Å². The maximum atomic E-state index is 5.41. The first-order valence-electron chi connectivity index (χ1n) is 18.4. The molecule has 258 valence electrons.